The number of benzene rings is 3. The van der Waals surface area contributed by atoms with Crippen LogP contribution in [0.4, 0.5) is 17.2 Å². The number of imidazole rings is 1. The molecule has 0 saturated carbocycles. The molecule has 3 aromatic carbocycles. The number of anilines is 2. The average Bonchev–Trinajstić information content (AvgIpc) is 3.18. The molecule has 5 aromatic rings. The maximum Gasteiger partial charge on any atom is 0.354 e. The van der Waals surface area contributed by atoms with Crippen molar-refractivity contribution in [2.24, 2.45) is 0 Å². The molecule has 0 aliphatic carbocycles. The molecule has 8 heteroatoms. The van der Waals surface area contributed by atoms with E-state index in [0.717, 1.165) is 27.5 Å². The molecule has 29 heavy (non-hydrogen) atoms. The van der Waals surface area contributed by atoms with Crippen LogP contribution in [0.1, 0.15) is 0 Å². The van der Waals surface area contributed by atoms with Gasteiger partial charge in [0.05, 0.1) is 16.0 Å². The minimum atomic E-state index is -0.475. The van der Waals surface area contributed by atoms with Gasteiger partial charge in [0.2, 0.25) is 11.6 Å². The molecule has 5 rings (SSSR count). The highest BCUT2D eigenvalue weighted by atomic mass is 16.6. The normalized spacial score (nSPS) is 11.0. The fraction of sp³-hybridized carbons (Fsp3) is 0. The van der Waals surface area contributed by atoms with E-state index in [0.29, 0.717) is 0 Å². The second-order valence-electron chi connectivity index (χ2n) is 6.41. The standard InChI is InChI=1S/C21H14N6O2/c28-27(29)19-20(25-16-10-5-7-14-6-1-2-8-15(14)16)22-12-23-21(19)26-13-24-17-9-3-4-11-18(17)26/h1-13H,(H,22,23,25). The van der Waals surface area contributed by atoms with Crippen LogP contribution in [0.5, 0.6) is 0 Å². The van der Waals surface area contributed by atoms with Gasteiger partial charge in [0.15, 0.2) is 0 Å². The summed E-state index contributed by atoms with van der Waals surface area (Å²) in [6.45, 7) is 0. The van der Waals surface area contributed by atoms with Crippen LogP contribution in [0.2, 0.25) is 0 Å². The van der Waals surface area contributed by atoms with Crippen LogP contribution >= 0.6 is 0 Å². The minimum Gasteiger partial charge on any atom is -0.334 e. The van der Waals surface area contributed by atoms with Gasteiger partial charge >= 0.3 is 5.69 Å². The minimum absolute atomic E-state index is 0.120. The Hall–Kier alpha value is -4.33. The Balaban J connectivity index is 1.68. The first kappa shape index (κ1) is 16.8. The van der Waals surface area contributed by atoms with E-state index in [2.05, 4.69) is 20.3 Å². The van der Waals surface area contributed by atoms with Gasteiger partial charge in [0, 0.05) is 11.1 Å². The summed E-state index contributed by atoms with van der Waals surface area (Å²) in [5, 5.41) is 17.1. The van der Waals surface area contributed by atoms with Gasteiger partial charge in [0.25, 0.3) is 0 Å². The average molecular weight is 382 g/mol. The summed E-state index contributed by atoms with van der Waals surface area (Å²) in [5.74, 6) is 0.274. The number of hydrogen-bond donors (Lipinski definition) is 1. The van der Waals surface area contributed by atoms with Gasteiger partial charge in [0.1, 0.15) is 12.7 Å². The van der Waals surface area contributed by atoms with Crippen molar-refractivity contribution in [1.29, 1.82) is 0 Å². The Labute approximate surface area is 164 Å². The first-order valence-electron chi connectivity index (χ1n) is 8.89. The molecule has 8 nitrogen and oxygen atoms in total. The zero-order valence-corrected chi connectivity index (χ0v) is 15.1. The van der Waals surface area contributed by atoms with Crippen molar-refractivity contribution in [3.8, 4) is 5.82 Å². The number of fused-ring (bicyclic) bond motifs is 2. The number of rotatable bonds is 4. The third kappa shape index (κ3) is 2.83. The largest absolute Gasteiger partial charge is 0.354 e. The van der Waals surface area contributed by atoms with Crippen molar-refractivity contribution in [3.63, 3.8) is 0 Å². The molecular weight excluding hydrogens is 368 g/mol. The fourth-order valence-electron chi connectivity index (χ4n) is 3.40. The Kier molecular flexibility index (Phi) is 3.87. The van der Waals surface area contributed by atoms with Gasteiger partial charge in [-0.3, -0.25) is 14.7 Å². The summed E-state index contributed by atoms with van der Waals surface area (Å²) in [6, 6.07) is 20.9. The predicted molar refractivity (Wildman–Crippen MR) is 111 cm³/mol. The molecule has 0 amide bonds. The van der Waals surface area contributed by atoms with Crippen LogP contribution in [0, 0.1) is 10.1 Å². The van der Waals surface area contributed by atoms with Crippen LogP contribution in [0.25, 0.3) is 27.6 Å². The zero-order valence-electron chi connectivity index (χ0n) is 15.1. The Morgan fingerprint density at radius 2 is 1.69 bits per heavy atom. The summed E-state index contributed by atoms with van der Waals surface area (Å²) in [7, 11) is 0. The molecule has 0 atom stereocenters. The van der Waals surface area contributed by atoms with Gasteiger partial charge in [-0.15, -0.1) is 0 Å². The number of hydrogen-bond acceptors (Lipinski definition) is 6. The predicted octanol–water partition coefficient (Wildman–Crippen LogP) is 4.62. The van der Waals surface area contributed by atoms with Crippen molar-refractivity contribution < 1.29 is 4.92 Å². The molecule has 0 spiro atoms. The maximum atomic E-state index is 12.0. The Bertz CT molecular complexity index is 1370. The molecule has 0 saturated heterocycles. The van der Waals surface area contributed by atoms with Crippen LogP contribution < -0.4 is 5.32 Å². The van der Waals surface area contributed by atoms with E-state index in [4.69, 9.17) is 0 Å². The fourth-order valence-corrected chi connectivity index (χ4v) is 3.40. The number of aromatic nitrogens is 4. The van der Waals surface area contributed by atoms with Crippen molar-refractivity contribution in [3.05, 3.63) is 89.5 Å². The first-order chi connectivity index (χ1) is 14.2. The van der Waals surface area contributed by atoms with Gasteiger partial charge in [-0.1, -0.05) is 48.5 Å². The van der Waals surface area contributed by atoms with Crippen molar-refractivity contribution >= 4 is 39.0 Å². The maximum absolute atomic E-state index is 12.0. The summed E-state index contributed by atoms with van der Waals surface area (Å²) in [4.78, 5) is 24.2. The summed E-state index contributed by atoms with van der Waals surface area (Å²) < 4.78 is 1.60. The number of nitrogens with zero attached hydrogens (tertiary/aromatic N) is 5. The van der Waals surface area contributed by atoms with Gasteiger partial charge < -0.3 is 5.32 Å². The quantitative estimate of drug-likeness (QED) is 0.360. The van der Waals surface area contributed by atoms with Crippen LogP contribution in [0.15, 0.2) is 79.4 Å². The summed E-state index contributed by atoms with van der Waals surface area (Å²) >= 11 is 0. The highest BCUT2D eigenvalue weighted by Gasteiger charge is 2.25. The smallest absolute Gasteiger partial charge is 0.334 e. The SMILES string of the molecule is O=[N+]([O-])c1c(Nc2cccc3ccccc23)ncnc1-n1cnc2ccccc21. The lowest BCUT2D eigenvalue weighted by Crippen LogP contribution is -2.07. The van der Waals surface area contributed by atoms with E-state index in [1.807, 2.05) is 66.7 Å². The van der Waals surface area contributed by atoms with E-state index in [-0.39, 0.29) is 17.3 Å². The van der Waals surface area contributed by atoms with Gasteiger partial charge in [-0.25, -0.2) is 15.0 Å². The van der Waals surface area contributed by atoms with Gasteiger partial charge in [-0.2, -0.15) is 0 Å². The lowest BCUT2D eigenvalue weighted by molar-refractivity contribution is -0.384. The van der Waals surface area contributed by atoms with E-state index < -0.39 is 4.92 Å². The summed E-state index contributed by atoms with van der Waals surface area (Å²) in [5.41, 5.74) is 1.96. The molecule has 0 aliphatic heterocycles. The monoisotopic (exact) mass is 382 g/mol. The zero-order chi connectivity index (χ0) is 19.8. The molecule has 0 fully saturated rings. The molecule has 0 aliphatic rings. The first-order valence-corrected chi connectivity index (χ1v) is 8.89. The van der Waals surface area contributed by atoms with Gasteiger partial charge in [-0.05, 0) is 23.6 Å². The number of nitro groups is 1. The highest BCUT2D eigenvalue weighted by Crippen LogP contribution is 2.33. The van der Waals surface area contributed by atoms with Crippen molar-refractivity contribution in [2.75, 3.05) is 5.32 Å². The van der Waals surface area contributed by atoms with E-state index >= 15 is 0 Å². The Morgan fingerprint density at radius 1 is 0.897 bits per heavy atom. The molecule has 1 N–H and O–H groups in total. The number of nitrogens with one attached hydrogen (secondary N) is 1. The van der Waals surface area contributed by atoms with Crippen LogP contribution in [0.3, 0.4) is 0 Å². The molecule has 0 unspecified atom stereocenters. The van der Waals surface area contributed by atoms with E-state index in [1.54, 1.807) is 4.57 Å². The molecular formula is C21H14N6O2. The molecule has 2 aromatic heterocycles. The molecule has 140 valence electrons. The third-order valence-corrected chi connectivity index (χ3v) is 4.71. The van der Waals surface area contributed by atoms with Crippen LogP contribution in [-0.2, 0) is 0 Å². The molecule has 0 bridgehead atoms. The molecule has 2 heterocycles. The van der Waals surface area contributed by atoms with E-state index in [9.17, 15) is 10.1 Å². The number of para-hydroxylation sites is 2. The van der Waals surface area contributed by atoms with Crippen molar-refractivity contribution in [1.82, 2.24) is 19.5 Å². The van der Waals surface area contributed by atoms with Crippen LogP contribution in [-0.4, -0.2) is 24.4 Å². The molecule has 0 radical (unpaired) electrons. The summed E-state index contributed by atoms with van der Waals surface area (Å²) in [6.07, 6.45) is 2.84. The lowest BCUT2D eigenvalue weighted by atomic mass is 10.1. The second-order valence-corrected chi connectivity index (χ2v) is 6.41. The lowest BCUT2D eigenvalue weighted by Gasteiger charge is -2.11. The second kappa shape index (κ2) is 6.68. The topological polar surface area (TPSA) is 98.8 Å². The van der Waals surface area contributed by atoms with Crippen molar-refractivity contribution in [2.45, 2.75) is 0 Å². The third-order valence-electron chi connectivity index (χ3n) is 4.71. The highest BCUT2D eigenvalue weighted by molar-refractivity contribution is 5.95. The Morgan fingerprint density at radius 3 is 2.59 bits per heavy atom. The van der Waals surface area contributed by atoms with E-state index in [1.165, 1.54) is 12.7 Å².